The number of carbonyl (C=O) groups excluding carboxylic acids is 1. The summed E-state index contributed by atoms with van der Waals surface area (Å²) >= 11 is 1.24. The van der Waals surface area contributed by atoms with Crippen molar-refractivity contribution in [2.45, 2.75) is 11.3 Å². The van der Waals surface area contributed by atoms with Crippen LogP contribution in [0.5, 0.6) is 0 Å². The number of benzene rings is 1. The maximum absolute atomic E-state index is 12.9. The smallest absolute Gasteiger partial charge is 0.227 e. The molecule has 0 saturated heterocycles. The van der Waals surface area contributed by atoms with Gasteiger partial charge < -0.3 is 5.32 Å². The van der Waals surface area contributed by atoms with Gasteiger partial charge in [0.15, 0.2) is 15.0 Å². The standard InChI is InChI=1S/C17H14FN3O3S2/c18-13-3-5-14(6-4-13)26(23,24)9-7-16(22)21-17-20-15(11-25-17)12-2-1-8-19-10-12/h1-6,8,10-11H,7,9H2,(H,20,21,22). The van der Waals surface area contributed by atoms with E-state index in [4.69, 9.17) is 0 Å². The van der Waals surface area contributed by atoms with Crippen LogP contribution < -0.4 is 5.32 Å². The molecule has 26 heavy (non-hydrogen) atoms. The Morgan fingerprint density at radius 3 is 2.65 bits per heavy atom. The van der Waals surface area contributed by atoms with E-state index >= 15 is 0 Å². The minimum atomic E-state index is -3.65. The van der Waals surface area contributed by atoms with Crippen LogP contribution in [0.4, 0.5) is 9.52 Å². The molecule has 134 valence electrons. The van der Waals surface area contributed by atoms with Crippen molar-refractivity contribution in [1.29, 1.82) is 0 Å². The van der Waals surface area contributed by atoms with Gasteiger partial charge in [0, 0.05) is 29.8 Å². The van der Waals surface area contributed by atoms with Crippen molar-refractivity contribution in [2.24, 2.45) is 0 Å². The highest BCUT2D eigenvalue weighted by molar-refractivity contribution is 7.91. The molecule has 0 spiro atoms. The predicted octanol–water partition coefficient (Wildman–Crippen LogP) is 3.15. The van der Waals surface area contributed by atoms with Crippen LogP contribution in [0.2, 0.25) is 0 Å². The lowest BCUT2D eigenvalue weighted by atomic mass is 10.2. The monoisotopic (exact) mass is 391 g/mol. The van der Waals surface area contributed by atoms with E-state index < -0.39 is 21.6 Å². The first kappa shape index (κ1) is 18.2. The van der Waals surface area contributed by atoms with Crippen molar-refractivity contribution in [3.05, 3.63) is 60.0 Å². The van der Waals surface area contributed by atoms with Gasteiger partial charge in [0.25, 0.3) is 0 Å². The molecule has 3 rings (SSSR count). The Hall–Kier alpha value is -2.65. The van der Waals surface area contributed by atoms with Crippen LogP contribution >= 0.6 is 11.3 Å². The molecule has 0 atom stereocenters. The van der Waals surface area contributed by atoms with Crippen molar-refractivity contribution in [1.82, 2.24) is 9.97 Å². The number of halogens is 1. The van der Waals surface area contributed by atoms with E-state index in [2.05, 4.69) is 15.3 Å². The fourth-order valence-electron chi connectivity index (χ4n) is 2.15. The van der Waals surface area contributed by atoms with Gasteiger partial charge in [-0.15, -0.1) is 11.3 Å². The van der Waals surface area contributed by atoms with Crippen molar-refractivity contribution in [3.8, 4) is 11.3 Å². The number of carbonyl (C=O) groups is 1. The van der Waals surface area contributed by atoms with E-state index in [1.165, 1.54) is 23.5 Å². The summed E-state index contributed by atoms with van der Waals surface area (Å²) in [5.41, 5.74) is 1.50. The minimum absolute atomic E-state index is 0.0141. The molecule has 1 amide bonds. The average molecular weight is 391 g/mol. The number of aromatic nitrogens is 2. The lowest BCUT2D eigenvalue weighted by Gasteiger charge is -2.04. The average Bonchev–Trinajstić information content (AvgIpc) is 3.10. The highest BCUT2D eigenvalue weighted by atomic mass is 32.2. The second-order valence-electron chi connectivity index (χ2n) is 5.35. The van der Waals surface area contributed by atoms with Gasteiger partial charge in [0.1, 0.15) is 5.82 Å². The third-order valence-corrected chi connectivity index (χ3v) is 5.97. The summed E-state index contributed by atoms with van der Waals surface area (Å²) in [6, 6.07) is 8.15. The molecule has 0 saturated carbocycles. The van der Waals surface area contributed by atoms with Gasteiger partial charge in [-0.3, -0.25) is 9.78 Å². The molecule has 0 unspecified atom stereocenters. The number of pyridine rings is 1. The molecule has 0 aliphatic carbocycles. The minimum Gasteiger partial charge on any atom is -0.302 e. The van der Waals surface area contributed by atoms with Crippen LogP contribution in [0.1, 0.15) is 6.42 Å². The largest absolute Gasteiger partial charge is 0.302 e. The maximum atomic E-state index is 12.9. The zero-order valence-corrected chi connectivity index (χ0v) is 15.1. The number of thiazole rings is 1. The first-order valence-corrected chi connectivity index (χ1v) is 10.1. The summed E-state index contributed by atoms with van der Waals surface area (Å²) in [4.78, 5) is 20.3. The Balaban J connectivity index is 1.59. The molecule has 6 nitrogen and oxygen atoms in total. The van der Waals surface area contributed by atoms with E-state index in [0.29, 0.717) is 10.8 Å². The van der Waals surface area contributed by atoms with Gasteiger partial charge in [-0.1, -0.05) is 0 Å². The van der Waals surface area contributed by atoms with Crippen molar-refractivity contribution >= 4 is 32.2 Å². The third kappa shape index (κ3) is 4.50. The Morgan fingerprint density at radius 1 is 1.19 bits per heavy atom. The second-order valence-corrected chi connectivity index (χ2v) is 8.32. The highest BCUT2D eigenvalue weighted by Crippen LogP contribution is 2.24. The SMILES string of the molecule is O=C(CCS(=O)(=O)c1ccc(F)cc1)Nc1nc(-c2cccnc2)cs1. The summed E-state index contributed by atoms with van der Waals surface area (Å²) < 4.78 is 37.2. The zero-order chi connectivity index (χ0) is 18.6. The number of hydrogen-bond acceptors (Lipinski definition) is 6. The molecule has 1 N–H and O–H groups in total. The number of anilines is 1. The topological polar surface area (TPSA) is 89.0 Å². The van der Waals surface area contributed by atoms with E-state index in [-0.39, 0.29) is 17.1 Å². The van der Waals surface area contributed by atoms with E-state index in [1.54, 1.807) is 23.8 Å². The van der Waals surface area contributed by atoms with Crippen LogP contribution in [-0.4, -0.2) is 30.0 Å². The molecule has 0 aliphatic rings. The first-order chi connectivity index (χ1) is 12.4. The molecule has 0 fully saturated rings. The number of nitrogens with one attached hydrogen (secondary N) is 1. The number of sulfone groups is 1. The number of amides is 1. The summed E-state index contributed by atoms with van der Waals surface area (Å²) in [6.45, 7) is 0. The van der Waals surface area contributed by atoms with Crippen molar-refractivity contribution < 1.29 is 17.6 Å². The van der Waals surface area contributed by atoms with Gasteiger partial charge in [-0.05, 0) is 36.4 Å². The summed E-state index contributed by atoms with van der Waals surface area (Å²) in [7, 11) is -3.65. The normalized spacial score (nSPS) is 11.3. The Morgan fingerprint density at radius 2 is 1.96 bits per heavy atom. The number of rotatable bonds is 6. The van der Waals surface area contributed by atoms with Gasteiger partial charge in [-0.2, -0.15) is 0 Å². The molecule has 2 aromatic heterocycles. The third-order valence-electron chi connectivity index (χ3n) is 3.48. The molecule has 3 aromatic rings. The number of hydrogen-bond donors (Lipinski definition) is 1. The Labute approximate surface area is 153 Å². The molecule has 0 radical (unpaired) electrons. The van der Waals surface area contributed by atoms with Crippen LogP contribution in [0, 0.1) is 5.82 Å². The Bertz CT molecular complexity index is 1000. The Kier molecular flexibility index (Phi) is 5.38. The summed E-state index contributed by atoms with van der Waals surface area (Å²) in [6.07, 6.45) is 3.09. The van der Waals surface area contributed by atoms with Gasteiger partial charge in [0.05, 0.1) is 16.3 Å². The van der Waals surface area contributed by atoms with E-state index in [9.17, 15) is 17.6 Å². The molecule has 2 heterocycles. The summed E-state index contributed by atoms with van der Waals surface area (Å²) in [5.74, 6) is -1.34. The first-order valence-electron chi connectivity index (χ1n) is 7.58. The lowest BCUT2D eigenvalue weighted by Crippen LogP contribution is -2.17. The van der Waals surface area contributed by atoms with E-state index in [0.717, 1.165) is 17.7 Å². The number of nitrogens with zero attached hydrogens (tertiary/aromatic N) is 2. The molecular weight excluding hydrogens is 377 g/mol. The van der Waals surface area contributed by atoms with E-state index in [1.807, 2.05) is 6.07 Å². The molecule has 1 aromatic carbocycles. The van der Waals surface area contributed by atoms with Crippen LogP contribution in [-0.2, 0) is 14.6 Å². The van der Waals surface area contributed by atoms with Crippen molar-refractivity contribution in [2.75, 3.05) is 11.1 Å². The second kappa shape index (κ2) is 7.71. The molecular formula is C17H14FN3O3S2. The molecule has 0 aliphatic heterocycles. The van der Waals surface area contributed by atoms with Gasteiger partial charge in [0.2, 0.25) is 5.91 Å². The summed E-state index contributed by atoms with van der Waals surface area (Å²) in [5, 5.41) is 4.75. The quantitative estimate of drug-likeness (QED) is 0.652. The van der Waals surface area contributed by atoms with Crippen LogP contribution in [0.3, 0.4) is 0 Å². The van der Waals surface area contributed by atoms with Gasteiger partial charge >= 0.3 is 0 Å². The van der Waals surface area contributed by atoms with Gasteiger partial charge in [-0.25, -0.2) is 17.8 Å². The van der Waals surface area contributed by atoms with Crippen LogP contribution in [0.15, 0.2) is 59.1 Å². The fourth-order valence-corrected chi connectivity index (χ4v) is 4.12. The van der Waals surface area contributed by atoms with Crippen molar-refractivity contribution in [3.63, 3.8) is 0 Å². The molecule has 9 heteroatoms. The highest BCUT2D eigenvalue weighted by Gasteiger charge is 2.17. The zero-order valence-electron chi connectivity index (χ0n) is 13.4. The predicted molar refractivity (Wildman–Crippen MR) is 97.0 cm³/mol. The fraction of sp³-hybridized carbons (Fsp3) is 0.118. The van der Waals surface area contributed by atoms with Crippen LogP contribution in [0.25, 0.3) is 11.3 Å². The maximum Gasteiger partial charge on any atom is 0.227 e. The lowest BCUT2D eigenvalue weighted by molar-refractivity contribution is -0.115. The molecule has 0 bridgehead atoms.